The maximum Gasteiger partial charge on any atom is -0.0129 e. The first-order valence-corrected chi connectivity index (χ1v) is 11.3. The normalized spacial score (nSPS) is 12.6. The van der Waals surface area contributed by atoms with Crippen molar-refractivity contribution in [2.24, 2.45) is 0 Å². The van der Waals surface area contributed by atoms with Gasteiger partial charge in [-0.2, -0.15) is 0 Å². The monoisotopic (exact) mass is 358 g/mol. The van der Waals surface area contributed by atoms with Gasteiger partial charge in [0.15, 0.2) is 0 Å². The van der Waals surface area contributed by atoms with Crippen LogP contribution in [0, 0.1) is 0 Å². The van der Waals surface area contributed by atoms with E-state index >= 15 is 0 Å². The summed E-state index contributed by atoms with van der Waals surface area (Å²) in [5.74, 6) is 0. The highest BCUT2D eigenvalue weighted by atomic mass is 14.3. The van der Waals surface area contributed by atoms with Crippen LogP contribution in [0.1, 0.15) is 129 Å². The third kappa shape index (κ3) is 7.45. The summed E-state index contributed by atoms with van der Waals surface area (Å²) in [6, 6.07) is 5.17. The van der Waals surface area contributed by atoms with E-state index in [1.54, 1.807) is 22.3 Å². The molecule has 1 aromatic carbocycles. The third-order valence-corrected chi connectivity index (χ3v) is 5.54. The molecule has 26 heavy (non-hydrogen) atoms. The van der Waals surface area contributed by atoms with Crippen LogP contribution in [0.4, 0.5) is 0 Å². The van der Waals surface area contributed by atoms with Crippen LogP contribution in [-0.4, -0.2) is 0 Å². The first-order chi connectivity index (χ1) is 12.1. The predicted molar refractivity (Wildman–Crippen MR) is 120 cm³/mol. The van der Waals surface area contributed by atoms with Crippen molar-refractivity contribution in [3.05, 3.63) is 34.4 Å². The van der Waals surface area contributed by atoms with Crippen LogP contribution in [0.15, 0.2) is 12.1 Å². The lowest BCUT2D eigenvalue weighted by atomic mass is 9.75. The highest BCUT2D eigenvalue weighted by Gasteiger charge is 2.24. The third-order valence-electron chi connectivity index (χ3n) is 5.54. The molecule has 0 spiro atoms. The van der Waals surface area contributed by atoms with Crippen molar-refractivity contribution in [2.75, 3.05) is 0 Å². The minimum Gasteiger partial charge on any atom is -0.0654 e. The molecule has 0 N–H and O–H groups in total. The van der Waals surface area contributed by atoms with E-state index in [9.17, 15) is 0 Å². The lowest BCUT2D eigenvalue weighted by molar-refractivity contribution is 0.555. The average Bonchev–Trinajstić information content (AvgIpc) is 2.54. The molecule has 0 radical (unpaired) electrons. The average molecular weight is 359 g/mol. The van der Waals surface area contributed by atoms with Crippen molar-refractivity contribution in [1.29, 1.82) is 0 Å². The highest BCUT2D eigenvalue weighted by Crippen LogP contribution is 2.35. The van der Waals surface area contributed by atoms with Gasteiger partial charge in [0.2, 0.25) is 0 Å². The van der Waals surface area contributed by atoms with Gasteiger partial charge in [-0.3, -0.25) is 0 Å². The van der Waals surface area contributed by atoms with Crippen molar-refractivity contribution in [1.82, 2.24) is 0 Å². The molecule has 0 heterocycles. The van der Waals surface area contributed by atoms with Crippen molar-refractivity contribution in [3.8, 4) is 0 Å². The van der Waals surface area contributed by atoms with Gasteiger partial charge in [0.05, 0.1) is 0 Å². The Bertz CT molecular complexity index is 472. The first kappa shape index (κ1) is 23.3. The van der Waals surface area contributed by atoms with Crippen LogP contribution in [0.25, 0.3) is 0 Å². The van der Waals surface area contributed by atoms with Crippen LogP contribution >= 0.6 is 0 Å². The fraction of sp³-hybridized carbons (Fsp3) is 0.769. The molecule has 0 aliphatic heterocycles. The second-order valence-corrected chi connectivity index (χ2v) is 10.3. The van der Waals surface area contributed by atoms with E-state index in [-0.39, 0.29) is 10.8 Å². The summed E-state index contributed by atoms with van der Waals surface area (Å²) in [5.41, 5.74) is 6.86. The molecule has 0 aliphatic rings. The Kier molecular flexibility index (Phi) is 9.42. The van der Waals surface area contributed by atoms with Crippen LogP contribution in [0.2, 0.25) is 0 Å². The molecule has 0 nitrogen and oxygen atoms in total. The number of unbranched alkanes of at least 4 members (excludes halogenated alkanes) is 6. The molecule has 0 aliphatic carbocycles. The van der Waals surface area contributed by atoms with Crippen LogP contribution in [0.5, 0.6) is 0 Å². The van der Waals surface area contributed by atoms with E-state index in [1.807, 2.05) is 0 Å². The molecule has 0 atom stereocenters. The molecule has 0 saturated heterocycles. The summed E-state index contributed by atoms with van der Waals surface area (Å²) >= 11 is 0. The van der Waals surface area contributed by atoms with Crippen LogP contribution in [0.3, 0.4) is 0 Å². The fourth-order valence-electron chi connectivity index (χ4n) is 3.98. The van der Waals surface area contributed by atoms with Crippen LogP contribution in [-0.2, 0) is 23.7 Å². The molecule has 1 aromatic rings. The molecular formula is C26H46. The number of rotatable bonds is 10. The highest BCUT2D eigenvalue weighted by molar-refractivity contribution is 5.45. The van der Waals surface area contributed by atoms with Gasteiger partial charge in [-0.25, -0.2) is 0 Å². The van der Waals surface area contributed by atoms with Gasteiger partial charge in [0.25, 0.3) is 0 Å². The Labute approximate surface area is 165 Å². The molecule has 0 unspecified atom stereocenters. The van der Waals surface area contributed by atoms with Gasteiger partial charge < -0.3 is 0 Å². The zero-order chi connectivity index (χ0) is 19.8. The number of hydrogen-bond donors (Lipinski definition) is 0. The van der Waals surface area contributed by atoms with Gasteiger partial charge in [-0.1, -0.05) is 106 Å². The van der Waals surface area contributed by atoms with Crippen molar-refractivity contribution >= 4 is 0 Å². The molecule has 150 valence electrons. The zero-order valence-electron chi connectivity index (χ0n) is 19.2. The largest absolute Gasteiger partial charge is 0.0654 e. The summed E-state index contributed by atoms with van der Waals surface area (Å²) in [6.45, 7) is 18.9. The first-order valence-electron chi connectivity index (χ1n) is 11.3. The molecular weight excluding hydrogens is 312 g/mol. The molecule has 0 aromatic heterocycles. The molecule has 0 saturated carbocycles. The van der Waals surface area contributed by atoms with E-state index in [0.29, 0.717) is 0 Å². The SMILES string of the molecule is CCCCCCc1cc(C(C)(C)C)c(CCCCCC)cc1C(C)(C)C. The molecule has 0 bridgehead atoms. The lowest BCUT2D eigenvalue weighted by Gasteiger charge is -2.30. The van der Waals surface area contributed by atoms with Crippen molar-refractivity contribution in [3.63, 3.8) is 0 Å². The lowest BCUT2D eigenvalue weighted by Crippen LogP contribution is -2.20. The summed E-state index contributed by atoms with van der Waals surface area (Å²) in [6.07, 6.45) is 13.2. The van der Waals surface area contributed by atoms with Crippen molar-refractivity contribution < 1.29 is 0 Å². The second kappa shape index (κ2) is 10.5. The fourth-order valence-corrected chi connectivity index (χ4v) is 3.98. The second-order valence-electron chi connectivity index (χ2n) is 10.3. The number of hydrogen-bond acceptors (Lipinski definition) is 0. The molecule has 0 fully saturated rings. The Morgan fingerprint density at radius 3 is 1.15 bits per heavy atom. The van der Waals surface area contributed by atoms with Gasteiger partial charge in [-0.05, 0) is 58.8 Å². The van der Waals surface area contributed by atoms with Crippen molar-refractivity contribution in [2.45, 2.75) is 130 Å². The minimum atomic E-state index is 0.231. The van der Waals surface area contributed by atoms with Gasteiger partial charge in [0, 0.05) is 0 Å². The van der Waals surface area contributed by atoms with Gasteiger partial charge >= 0.3 is 0 Å². The summed E-state index contributed by atoms with van der Waals surface area (Å²) in [4.78, 5) is 0. The standard InChI is InChI=1S/C26H46/c1-9-11-13-15-17-21-19-24(26(6,7)8)22(18-16-14-12-10-2)20-23(21)25(3,4)5/h19-20H,9-18H2,1-8H3. The Hall–Kier alpha value is -0.780. The van der Waals surface area contributed by atoms with E-state index < -0.39 is 0 Å². The smallest absolute Gasteiger partial charge is 0.0129 e. The van der Waals surface area contributed by atoms with E-state index in [2.05, 4.69) is 67.5 Å². The zero-order valence-corrected chi connectivity index (χ0v) is 19.2. The topological polar surface area (TPSA) is 0 Å². The predicted octanol–water partition coefficient (Wildman–Crippen LogP) is 8.53. The number of benzene rings is 1. The maximum absolute atomic E-state index is 2.59. The maximum atomic E-state index is 2.59. The number of aryl methyl sites for hydroxylation is 2. The van der Waals surface area contributed by atoms with E-state index in [0.717, 1.165) is 0 Å². The molecule has 1 rings (SSSR count). The van der Waals surface area contributed by atoms with E-state index in [1.165, 1.54) is 64.2 Å². The Morgan fingerprint density at radius 1 is 0.538 bits per heavy atom. The van der Waals surface area contributed by atoms with Gasteiger partial charge in [0.1, 0.15) is 0 Å². The van der Waals surface area contributed by atoms with E-state index in [4.69, 9.17) is 0 Å². The van der Waals surface area contributed by atoms with Crippen LogP contribution < -0.4 is 0 Å². The Balaban J connectivity index is 3.19. The minimum absolute atomic E-state index is 0.231. The summed E-state index contributed by atoms with van der Waals surface area (Å²) < 4.78 is 0. The van der Waals surface area contributed by atoms with Gasteiger partial charge in [-0.15, -0.1) is 0 Å². The molecule has 0 amide bonds. The molecule has 0 heteroatoms. The summed E-state index contributed by atoms with van der Waals surface area (Å²) in [5, 5.41) is 0. The summed E-state index contributed by atoms with van der Waals surface area (Å²) in [7, 11) is 0. The Morgan fingerprint density at radius 2 is 0.885 bits per heavy atom. The quantitative estimate of drug-likeness (QED) is 0.368.